The van der Waals surface area contributed by atoms with Crippen LogP contribution >= 0.6 is 24.0 Å². The van der Waals surface area contributed by atoms with E-state index in [0.717, 1.165) is 5.56 Å². The van der Waals surface area contributed by atoms with Gasteiger partial charge in [0.25, 0.3) is 5.91 Å². The van der Waals surface area contributed by atoms with Gasteiger partial charge in [0.1, 0.15) is 4.32 Å². The Morgan fingerprint density at radius 2 is 2.14 bits per heavy atom. The summed E-state index contributed by atoms with van der Waals surface area (Å²) in [4.78, 5) is 12.2. The second kappa shape index (κ2) is 6.95. The van der Waals surface area contributed by atoms with Crippen molar-refractivity contribution in [1.82, 2.24) is 5.32 Å². The Morgan fingerprint density at radius 3 is 2.71 bits per heavy atom. The molecule has 1 aliphatic rings. The molecule has 1 amide bonds. The highest BCUT2D eigenvalue weighted by molar-refractivity contribution is 8.26. The van der Waals surface area contributed by atoms with Gasteiger partial charge in [0.15, 0.2) is 11.5 Å². The number of nitrogens with one attached hydrogen (secondary N) is 1. The van der Waals surface area contributed by atoms with E-state index in [1.807, 2.05) is 18.2 Å². The number of hydrogen-bond acceptors (Lipinski definition) is 5. The molecule has 0 saturated carbocycles. The largest absolute Gasteiger partial charge is 0.493 e. The van der Waals surface area contributed by atoms with Gasteiger partial charge in [0, 0.05) is 0 Å². The smallest absolute Gasteiger partial charge is 0.263 e. The summed E-state index contributed by atoms with van der Waals surface area (Å²) in [7, 11) is 1.60. The maximum Gasteiger partial charge on any atom is 0.263 e. The second-order valence-electron chi connectivity index (χ2n) is 4.97. The summed E-state index contributed by atoms with van der Waals surface area (Å²) in [6.45, 7) is 4.80. The van der Waals surface area contributed by atoms with Crippen LogP contribution in [0.3, 0.4) is 0 Å². The number of rotatable bonds is 5. The van der Waals surface area contributed by atoms with E-state index in [1.54, 1.807) is 13.2 Å². The summed E-state index contributed by atoms with van der Waals surface area (Å²) in [5, 5.41) is 2.59. The Morgan fingerprint density at radius 1 is 1.38 bits per heavy atom. The molecule has 6 heteroatoms. The molecule has 4 nitrogen and oxygen atoms in total. The monoisotopic (exact) mass is 323 g/mol. The van der Waals surface area contributed by atoms with E-state index in [4.69, 9.17) is 21.7 Å². The van der Waals surface area contributed by atoms with Crippen LogP contribution in [0.15, 0.2) is 23.1 Å². The molecule has 2 rings (SSSR count). The minimum absolute atomic E-state index is 0.163. The fourth-order valence-corrected chi connectivity index (χ4v) is 2.77. The Hall–Kier alpha value is -1.53. The molecule has 0 atom stereocenters. The molecule has 0 aromatic heterocycles. The van der Waals surface area contributed by atoms with Gasteiger partial charge in [-0.25, -0.2) is 0 Å². The van der Waals surface area contributed by atoms with Crippen LogP contribution in [0, 0.1) is 5.92 Å². The summed E-state index contributed by atoms with van der Waals surface area (Å²) < 4.78 is 11.5. The lowest BCUT2D eigenvalue weighted by atomic mass is 10.2. The molecular formula is C15H17NO3S2. The van der Waals surface area contributed by atoms with Gasteiger partial charge in [-0.15, -0.1) is 0 Å². The van der Waals surface area contributed by atoms with E-state index in [-0.39, 0.29) is 5.91 Å². The number of amides is 1. The zero-order chi connectivity index (χ0) is 15.4. The highest BCUT2D eigenvalue weighted by atomic mass is 32.2. The Labute approximate surface area is 133 Å². The number of methoxy groups -OCH3 is 1. The number of thiocarbonyl (C=S) groups is 1. The highest BCUT2D eigenvalue weighted by Crippen LogP contribution is 2.31. The number of benzene rings is 1. The first kappa shape index (κ1) is 15.9. The SMILES string of the molecule is COc1cc(/C=C2/SC(=S)NC2=O)ccc1OCC(C)C. The molecule has 0 spiro atoms. The normalized spacial score (nSPS) is 16.5. The molecule has 0 radical (unpaired) electrons. The summed E-state index contributed by atoms with van der Waals surface area (Å²) in [5.74, 6) is 1.63. The number of thioether (sulfide) groups is 1. The molecule has 1 aromatic rings. The van der Waals surface area contributed by atoms with Gasteiger partial charge in [0.2, 0.25) is 0 Å². The van der Waals surface area contributed by atoms with E-state index < -0.39 is 0 Å². The van der Waals surface area contributed by atoms with Crippen LogP contribution in [-0.2, 0) is 4.79 Å². The van der Waals surface area contributed by atoms with Gasteiger partial charge in [0.05, 0.1) is 18.6 Å². The van der Waals surface area contributed by atoms with E-state index in [0.29, 0.717) is 33.2 Å². The van der Waals surface area contributed by atoms with Gasteiger partial charge in [-0.1, -0.05) is 43.9 Å². The number of hydrogen-bond donors (Lipinski definition) is 1. The molecule has 1 aromatic carbocycles. The molecule has 1 heterocycles. The number of carbonyl (C=O) groups excluding carboxylic acids is 1. The first-order valence-electron chi connectivity index (χ1n) is 6.55. The zero-order valence-corrected chi connectivity index (χ0v) is 13.8. The van der Waals surface area contributed by atoms with Crippen molar-refractivity contribution < 1.29 is 14.3 Å². The maximum absolute atomic E-state index is 11.6. The Balaban J connectivity index is 2.21. The van der Waals surface area contributed by atoms with Gasteiger partial charge < -0.3 is 14.8 Å². The maximum atomic E-state index is 11.6. The molecule has 1 aliphatic heterocycles. The van der Waals surface area contributed by atoms with E-state index in [2.05, 4.69) is 19.2 Å². The highest BCUT2D eigenvalue weighted by Gasteiger charge is 2.22. The quantitative estimate of drug-likeness (QED) is 0.666. The van der Waals surface area contributed by atoms with E-state index in [1.165, 1.54) is 11.8 Å². The van der Waals surface area contributed by atoms with Crippen molar-refractivity contribution >= 4 is 40.3 Å². The summed E-state index contributed by atoms with van der Waals surface area (Å²) in [6.07, 6.45) is 1.79. The summed E-state index contributed by atoms with van der Waals surface area (Å²) in [5.41, 5.74) is 0.867. The molecule has 21 heavy (non-hydrogen) atoms. The molecular weight excluding hydrogens is 306 g/mol. The van der Waals surface area contributed by atoms with Crippen LogP contribution in [0.25, 0.3) is 6.08 Å². The zero-order valence-electron chi connectivity index (χ0n) is 12.1. The third-order valence-electron chi connectivity index (χ3n) is 2.70. The lowest BCUT2D eigenvalue weighted by Gasteiger charge is -2.12. The predicted molar refractivity (Wildman–Crippen MR) is 89.6 cm³/mol. The number of carbonyl (C=O) groups is 1. The van der Waals surface area contributed by atoms with Crippen LogP contribution in [0.5, 0.6) is 11.5 Å². The Kier molecular flexibility index (Phi) is 5.25. The standard InChI is InChI=1S/C15H17NO3S2/c1-9(2)8-19-11-5-4-10(6-12(11)18-3)7-13-14(17)16-15(20)21-13/h4-7,9H,8H2,1-3H3,(H,16,17,20)/b13-7+. The molecule has 0 aliphatic carbocycles. The minimum atomic E-state index is -0.163. The molecule has 1 saturated heterocycles. The van der Waals surface area contributed by atoms with Crippen molar-refractivity contribution in [2.24, 2.45) is 5.92 Å². The fraction of sp³-hybridized carbons (Fsp3) is 0.333. The van der Waals surface area contributed by atoms with Crippen molar-refractivity contribution in [2.75, 3.05) is 13.7 Å². The first-order chi connectivity index (χ1) is 9.99. The van der Waals surface area contributed by atoms with Crippen LogP contribution < -0.4 is 14.8 Å². The molecule has 0 bridgehead atoms. The van der Waals surface area contributed by atoms with Crippen LogP contribution in [0.2, 0.25) is 0 Å². The lowest BCUT2D eigenvalue weighted by Crippen LogP contribution is -2.17. The van der Waals surface area contributed by atoms with E-state index >= 15 is 0 Å². The van der Waals surface area contributed by atoms with Gasteiger partial charge >= 0.3 is 0 Å². The molecule has 0 unspecified atom stereocenters. The molecule has 1 fully saturated rings. The van der Waals surface area contributed by atoms with Gasteiger partial charge in [-0.2, -0.15) is 0 Å². The fourth-order valence-electron chi connectivity index (χ4n) is 1.72. The van der Waals surface area contributed by atoms with Crippen molar-refractivity contribution in [1.29, 1.82) is 0 Å². The lowest BCUT2D eigenvalue weighted by molar-refractivity contribution is -0.115. The first-order valence-corrected chi connectivity index (χ1v) is 7.77. The minimum Gasteiger partial charge on any atom is -0.493 e. The molecule has 1 N–H and O–H groups in total. The topological polar surface area (TPSA) is 47.6 Å². The van der Waals surface area contributed by atoms with Gasteiger partial charge in [-0.3, -0.25) is 4.79 Å². The van der Waals surface area contributed by atoms with Crippen molar-refractivity contribution in [3.05, 3.63) is 28.7 Å². The Bertz CT molecular complexity index is 597. The third-order valence-corrected chi connectivity index (χ3v) is 3.86. The van der Waals surface area contributed by atoms with E-state index in [9.17, 15) is 4.79 Å². The average molecular weight is 323 g/mol. The average Bonchev–Trinajstić information content (AvgIpc) is 2.75. The second-order valence-corrected chi connectivity index (χ2v) is 6.69. The van der Waals surface area contributed by atoms with Crippen molar-refractivity contribution in [3.8, 4) is 11.5 Å². The van der Waals surface area contributed by atoms with Crippen molar-refractivity contribution in [2.45, 2.75) is 13.8 Å². The van der Waals surface area contributed by atoms with Crippen LogP contribution in [-0.4, -0.2) is 23.9 Å². The molecule has 112 valence electrons. The van der Waals surface area contributed by atoms with Crippen LogP contribution in [0.1, 0.15) is 19.4 Å². The number of ether oxygens (including phenoxy) is 2. The van der Waals surface area contributed by atoms with Crippen molar-refractivity contribution in [3.63, 3.8) is 0 Å². The van der Waals surface area contributed by atoms with Gasteiger partial charge in [-0.05, 0) is 29.7 Å². The summed E-state index contributed by atoms with van der Waals surface area (Å²) in [6, 6.07) is 5.59. The van der Waals surface area contributed by atoms with Crippen LogP contribution in [0.4, 0.5) is 0 Å². The third kappa shape index (κ3) is 4.22. The predicted octanol–water partition coefficient (Wildman–Crippen LogP) is 3.22. The summed E-state index contributed by atoms with van der Waals surface area (Å²) >= 11 is 6.22.